The van der Waals surface area contributed by atoms with Gasteiger partial charge >= 0.3 is 0 Å². The van der Waals surface area contributed by atoms with Gasteiger partial charge in [-0.2, -0.15) is 0 Å². The van der Waals surface area contributed by atoms with Gasteiger partial charge in [0.1, 0.15) is 4.90 Å². The van der Waals surface area contributed by atoms with Crippen LogP contribution in [0.1, 0.15) is 13.3 Å². The molecule has 7 nitrogen and oxygen atoms in total. The van der Waals surface area contributed by atoms with Crippen LogP contribution in [0.15, 0.2) is 41.8 Å². The van der Waals surface area contributed by atoms with Crippen LogP contribution in [-0.2, 0) is 10.0 Å². The molecule has 2 heterocycles. The lowest BCUT2D eigenvalue weighted by Crippen LogP contribution is -2.26. The van der Waals surface area contributed by atoms with Crippen molar-refractivity contribution in [3.63, 3.8) is 0 Å². The number of rotatable bonds is 6. The molecule has 0 radical (unpaired) electrons. The Morgan fingerprint density at radius 1 is 1.19 bits per heavy atom. The summed E-state index contributed by atoms with van der Waals surface area (Å²) in [7, 11) is -2.20. The SMILES string of the molecule is CCCNc1ncc(S(=O)(=O)N(C)c2ccncc2)cn1. The smallest absolute Gasteiger partial charge is 0.267 e. The molecule has 2 aromatic heterocycles. The molecule has 21 heavy (non-hydrogen) atoms. The van der Waals surface area contributed by atoms with E-state index in [1.807, 2.05) is 6.92 Å². The minimum absolute atomic E-state index is 0.0452. The Hall–Kier alpha value is -2.22. The van der Waals surface area contributed by atoms with Crippen molar-refractivity contribution in [2.45, 2.75) is 18.2 Å². The molecular formula is C13H17N5O2S. The molecule has 112 valence electrons. The van der Waals surface area contributed by atoms with Gasteiger partial charge in [0.05, 0.1) is 18.1 Å². The first-order chi connectivity index (χ1) is 10.1. The van der Waals surface area contributed by atoms with Crippen LogP contribution in [0.2, 0.25) is 0 Å². The van der Waals surface area contributed by atoms with Gasteiger partial charge in [-0.05, 0) is 18.6 Å². The Balaban J connectivity index is 2.23. The molecule has 8 heteroatoms. The van der Waals surface area contributed by atoms with Gasteiger partial charge in [0.15, 0.2) is 0 Å². The first-order valence-electron chi connectivity index (χ1n) is 6.50. The molecular weight excluding hydrogens is 290 g/mol. The summed E-state index contributed by atoms with van der Waals surface area (Å²) in [4.78, 5) is 11.9. The monoisotopic (exact) mass is 307 g/mol. The Bertz CT molecular complexity index is 673. The zero-order chi connectivity index (χ0) is 15.3. The maximum absolute atomic E-state index is 12.5. The average molecular weight is 307 g/mol. The molecule has 0 unspecified atom stereocenters. The quantitative estimate of drug-likeness (QED) is 0.870. The summed E-state index contributed by atoms with van der Waals surface area (Å²) < 4.78 is 26.1. The number of nitrogens with zero attached hydrogens (tertiary/aromatic N) is 4. The third-order valence-corrected chi connectivity index (χ3v) is 4.58. The van der Waals surface area contributed by atoms with Crippen molar-refractivity contribution in [3.8, 4) is 0 Å². The largest absolute Gasteiger partial charge is 0.354 e. The van der Waals surface area contributed by atoms with Crippen molar-refractivity contribution in [3.05, 3.63) is 36.9 Å². The fourth-order valence-corrected chi connectivity index (χ4v) is 2.72. The number of nitrogens with one attached hydrogen (secondary N) is 1. The Morgan fingerprint density at radius 2 is 1.81 bits per heavy atom. The molecule has 0 saturated heterocycles. The van der Waals surface area contributed by atoms with Crippen LogP contribution in [0.25, 0.3) is 0 Å². The van der Waals surface area contributed by atoms with E-state index in [9.17, 15) is 8.42 Å². The second-order valence-electron chi connectivity index (χ2n) is 4.35. The summed E-state index contributed by atoms with van der Waals surface area (Å²) >= 11 is 0. The molecule has 0 aliphatic carbocycles. The van der Waals surface area contributed by atoms with Crippen LogP contribution in [-0.4, -0.2) is 37.0 Å². The minimum atomic E-state index is -3.68. The van der Waals surface area contributed by atoms with Crippen molar-refractivity contribution in [2.75, 3.05) is 23.2 Å². The van der Waals surface area contributed by atoms with Crippen molar-refractivity contribution in [2.24, 2.45) is 0 Å². The van der Waals surface area contributed by atoms with E-state index in [-0.39, 0.29) is 4.90 Å². The van der Waals surface area contributed by atoms with Crippen molar-refractivity contribution < 1.29 is 8.42 Å². The van der Waals surface area contributed by atoms with Crippen LogP contribution in [0.3, 0.4) is 0 Å². The fraction of sp³-hybridized carbons (Fsp3) is 0.308. The molecule has 0 aromatic carbocycles. The topological polar surface area (TPSA) is 88.1 Å². The van der Waals surface area contributed by atoms with Gasteiger partial charge in [-0.1, -0.05) is 6.92 Å². The fourth-order valence-electron chi connectivity index (χ4n) is 1.63. The third kappa shape index (κ3) is 3.46. The predicted molar refractivity (Wildman–Crippen MR) is 80.6 cm³/mol. The maximum Gasteiger partial charge on any atom is 0.267 e. The Labute approximate surface area is 124 Å². The third-order valence-electron chi connectivity index (χ3n) is 2.85. The lowest BCUT2D eigenvalue weighted by molar-refractivity contribution is 0.593. The summed E-state index contributed by atoms with van der Waals surface area (Å²) in [5.74, 6) is 0.419. The highest BCUT2D eigenvalue weighted by Gasteiger charge is 2.22. The highest BCUT2D eigenvalue weighted by Crippen LogP contribution is 2.20. The van der Waals surface area contributed by atoms with Crippen LogP contribution >= 0.6 is 0 Å². The lowest BCUT2D eigenvalue weighted by Gasteiger charge is -2.18. The molecule has 0 atom stereocenters. The van der Waals surface area contributed by atoms with Gasteiger partial charge in [0, 0.05) is 26.0 Å². The zero-order valence-electron chi connectivity index (χ0n) is 11.9. The summed E-state index contributed by atoms with van der Waals surface area (Å²) in [5.41, 5.74) is 0.526. The highest BCUT2D eigenvalue weighted by molar-refractivity contribution is 7.92. The van der Waals surface area contributed by atoms with E-state index in [4.69, 9.17) is 0 Å². The molecule has 0 spiro atoms. The average Bonchev–Trinajstić information content (AvgIpc) is 2.53. The minimum Gasteiger partial charge on any atom is -0.354 e. The zero-order valence-corrected chi connectivity index (χ0v) is 12.7. The lowest BCUT2D eigenvalue weighted by atomic mass is 10.4. The number of hydrogen-bond donors (Lipinski definition) is 1. The molecule has 2 aromatic rings. The molecule has 0 aliphatic rings. The second-order valence-corrected chi connectivity index (χ2v) is 6.32. The molecule has 1 N–H and O–H groups in total. The van der Waals surface area contributed by atoms with Crippen molar-refractivity contribution >= 4 is 21.7 Å². The molecule has 0 aliphatic heterocycles. The Kier molecular flexibility index (Phi) is 4.69. The molecule has 0 amide bonds. The number of sulfonamides is 1. The Morgan fingerprint density at radius 3 is 2.38 bits per heavy atom. The molecule has 0 saturated carbocycles. The van der Waals surface area contributed by atoms with Crippen molar-refractivity contribution in [1.29, 1.82) is 0 Å². The van der Waals surface area contributed by atoms with Gasteiger partial charge in [0.25, 0.3) is 10.0 Å². The van der Waals surface area contributed by atoms with E-state index in [0.717, 1.165) is 13.0 Å². The maximum atomic E-state index is 12.5. The second kappa shape index (κ2) is 6.49. The van der Waals surface area contributed by atoms with Gasteiger partial charge in [0.2, 0.25) is 5.95 Å². The van der Waals surface area contributed by atoms with Crippen LogP contribution in [0.4, 0.5) is 11.6 Å². The highest BCUT2D eigenvalue weighted by atomic mass is 32.2. The standard InChI is InChI=1S/C13H17N5O2S/c1-3-6-15-13-16-9-12(10-17-13)21(19,20)18(2)11-4-7-14-8-5-11/h4-5,7-10H,3,6H2,1-2H3,(H,15,16,17). The number of anilines is 2. The van der Waals surface area contributed by atoms with Crippen LogP contribution in [0.5, 0.6) is 0 Å². The van der Waals surface area contributed by atoms with E-state index in [2.05, 4.69) is 20.3 Å². The van der Waals surface area contributed by atoms with E-state index in [0.29, 0.717) is 11.6 Å². The van der Waals surface area contributed by atoms with Crippen molar-refractivity contribution in [1.82, 2.24) is 15.0 Å². The van der Waals surface area contributed by atoms with Gasteiger partial charge in [-0.3, -0.25) is 9.29 Å². The predicted octanol–water partition coefficient (Wildman–Crippen LogP) is 1.52. The van der Waals surface area contributed by atoms with E-state index in [1.165, 1.54) is 36.1 Å². The number of aromatic nitrogens is 3. The van der Waals surface area contributed by atoms with Gasteiger partial charge < -0.3 is 5.32 Å². The normalized spacial score (nSPS) is 11.1. The van der Waals surface area contributed by atoms with Gasteiger partial charge in [-0.25, -0.2) is 18.4 Å². The first-order valence-corrected chi connectivity index (χ1v) is 7.94. The van der Waals surface area contributed by atoms with Gasteiger partial charge in [-0.15, -0.1) is 0 Å². The summed E-state index contributed by atoms with van der Waals surface area (Å²) in [6, 6.07) is 3.24. The number of hydrogen-bond acceptors (Lipinski definition) is 6. The molecule has 0 bridgehead atoms. The summed E-state index contributed by atoms with van der Waals surface area (Å²) in [6.07, 6.45) is 6.62. The number of pyridine rings is 1. The van der Waals surface area contributed by atoms with E-state index < -0.39 is 10.0 Å². The van der Waals surface area contributed by atoms with Crippen LogP contribution < -0.4 is 9.62 Å². The first kappa shape index (κ1) is 15.2. The summed E-state index contributed by atoms with van der Waals surface area (Å²) in [6.45, 7) is 2.76. The molecule has 2 rings (SSSR count). The van der Waals surface area contributed by atoms with Crippen LogP contribution in [0, 0.1) is 0 Å². The van der Waals surface area contributed by atoms with E-state index in [1.54, 1.807) is 12.1 Å². The van der Waals surface area contributed by atoms with E-state index >= 15 is 0 Å². The summed E-state index contributed by atoms with van der Waals surface area (Å²) in [5, 5.41) is 2.99. The molecule has 0 fully saturated rings.